The summed E-state index contributed by atoms with van der Waals surface area (Å²) in [5, 5.41) is 0. The highest BCUT2D eigenvalue weighted by molar-refractivity contribution is 7.99. The average Bonchev–Trinajstić information content (AvgIpc) is 2.56. The van der Waals surface area contributed by atoms with E-state index in [1.165, 1.54) is 89.5 Å². The number of nitrogens with zero attached hydrogens (tertiary/aromatic N) is 3. The van der Waals surface area contributed by atoms with Gasteiger partial charge in [0.05, 0.1) is 0 Å². The Bertz CT molecular complexity index is 298. The molecule has 4 heteroatoms. The van der Waals surface area contributed by atoms with E-state index in [9.17, 15) is 0 Å². The fourth-order valence-electron chi connectivity index (χ4n) is 4.36. The van der Waals surface area contributed by atoms with Gasteiger partial charge in [0.1, 0.15) is 0 Å². The van der Waals surface area contributed by atoms with Crippen molar-refractivity contribution in [2.24, 2.45) is 5.92 Å². The molecule has 3 saturated heterocycles. The van der Waals surface area contributed by atoms with Gasteiger partial charge in [-0.05, 0) is 57.8 Å². The Hall–Kier alpha value is 0.230. The summed E-state index contributed by atoms with van der Waals surface area (Å²) < 4.78 is 0. The van der Waals surface area contributed by atoms with Crippen LogP contribution in [-0.4, -0.2) is 84.6 Å². The number of piperidine rings is 2. The summed E-state index contributed by atoms with van der Waals surface area (Å²) in [4.78, 5) is 8.18. The van der Waals surface area contributed by atoms with Gasteiger partial charge in [0.25, 0.3) is 0 Å². The van der Waals surface area contributed by atoms with Crippen LogP contribution in [0.5, 0.6) is 0 Å². The van der Waals surface area contributed by atoms with Crippen LogP contribution in [0.3, 0.4) is 0 Å². The lowest BCUT2D eigenvalue weighted by Gasteiger charge is -2.42. The van der Waals surface area contributed by atoms with Crippen molar-refractivity contribution in [3.8, 4) is 0 Å². The zero-order chi connectivity index (χ0) is 14.5. The van der Waals surface area contributed by atoms with Crippen LogP contribution in [-0.2, 0) is 0 Å². The van der Waals surface area contributed by atoms with Gasteiger partial charge < -0.3 is 9.80 Å². The minimum absolute atomic E-state index is 0.889. The average molecular weight is 312 g/mol. The highest BCUT2D eigenvalue weighted by Gasteiger charge is 2.27. The maximum Gasteiger partial charge on any atom is 0.0120 e. The van der Waals surface area contributed by atoms with Gasteiger partial charge in [-0.1, -0.05) is 6.92 Å². The van der Waals surface area contributed by atoms with E-state index in [0.717, 1.165) is 12.0 Å². The third-order valence-electron chi connectivity index (χ3n) is 5.69. The van der Waals surface area contributed by atoms with Gasteiger partial charge in [-0.2, -0.15) is 11.8 Å². The predicted molar refractivity (Wildman–Crippen MR) is 93.2 cm³/mol. The van der Waals surface area contributed by atoms with Gasteiger partial charge in [0.15, 0.2) is 0 Å². The van der Waals surface area contributed by atoms with Crippen LogP contribution in [0.15, 0.2) is 0 Å². The van der Waals surface area contributed by atoms with E-state index in [1.807, 2.05) is 0 Å². The Morgan fingerprint density at radius 2 is 1.67 bits per heavy atom. The summed E-state index contributed by atoms with van der Waals surface area (Å²) in [5.41, 5.74) is 0. The van der Waals surface area contributed by atoms with E-state index in [1.54, 1.807) is 0 Å². The normalized spacial score (nSPS) is 31.6. The van der Waals surface area contributed by atoms with E-state index in [2.05, 4.69) is 33.4 Å². The molecule has 3 rings (SSSR count). The molecule has 0 radical (unpaired) electrons. The van der Waals surface area contributed by atoms with Crippen LogP contribution < -0.4 is 0 Å². The molecule has 0 spiro atoms. The molecule has 122 valence electrons. The van der Waals surface area contributed by atoms with Crippen molar-refractivity contribution in [1.29, 1.82) is 0 Å². The molecule has 1 atom stereocenters. The number of likely N-dealkylation sites (tertiary alicyclic amines) is 2. The molecule has 3 heterocycles. The summed E-state index contributed by atoms with van der Waals surface area (Å²) in [6.07, 6.45) is 5.70. The van der Waals surface area contributed by atoms with Gasteiger partial charge in [0, 0.05) is 43.7 Å². The zero-order valence-corrected chi connectivity index (χ0v) is 14.6. The summed E-state index contributed by atoms with van der Waals surface area (Å²) >= 11 is 2.13. The molecule has 0 amide bonds. The predicted octanol–water partition coefficient (Wildman–Crippen LogP) is 2.23. The molecule has 3 fully saturated rings. The zero-order valence-electron chi connectivity index (χ0n) is 13.8. The standard InChI is InChI=1S/C17H33N3S/c1-2-18-7-3-4-16(14-18)15-19-8-5-17(6-9-19)20-10-12-21-13-11-20/h16-17H,2-15H2,1H3. The molecule has 0 saturated carbocycles. The molecule has 3 nitrogen and oxygen atoms in total. The van der Waals surface area contributed by atoms with Gasteiger partial charge in [-0.25, -0.2) is 0 Å². The Morgan fingerprint density at radius 1 is 0.905 bits per heavy atom. The van der Waals surface area contributed by atoms with Gasteiger partial charge in [-0.3, -0.25) is 4.90 Å². The summed E-state index contributed by atoms with van der Waals surface area (Å²) in [5.74, 6) is 3.64. The fraction of sp³-hybridized carbons (Fsp3) is 1.00. The molecule has 0 aromatic carbocycles. The highest BCUT2D eigenvalue weighted by Crippen LogP contribution is 2.23. The molecule has 21 heavy (non-hydrogen) atoms. The Morgan fingerprint density at radius 3 is 2.38 bits per heavy atom. The summed E-state index contributed by atoms with van der Waals surface area (Å²) in [7, 11) is 0. The fourth-order valence-corrected chi connectivity index (χ4v) is 5.29. The van der Waals surface area contributed by atoms with Gasteiger partial charge >= 0.3 is 0 Å². The first-order valence-electron chi connectivity index (χ1n) is 9.11. The minimum Gasteiger partial charge on any atom is -0.303 e. The lowest BCUT2D eigenvalue weighted by molar-refractivity contribution is 0.0864. The third kappa shape index (κ3) is 4.60. The number of hydrogen-bond acceptors (Lipinski definition) is 4. The van der Waals surface area contributed by atoms with Crippen molar-refractivity contribution >= 4 is 11.8 Å². The van der Waals surface area contributed by atoms with Gasteiger partial charge in [-0.15, -0.1) is 0 Å². The van der Waals surface area contributed by atoms with E-state index >= 15 is 0 Å². The third-order valence-corrected chi connectivity index (χ3v) is 6.63. The van der Waals surface area contributed by atoms with Gasteiger partial charge in [0.2, 0.25) is 0 Å². The second-order valence-corrected chi connectivity index (χ2v) is 8.31. The molecule has 0 aromatic heterocycles. The van der Waals surface area contributed by atoms with Crippen LogP contribution in [0.25, 0.3) is 0 Å². The largest absolute Gasteiger partial charge is 0.303 e. The second-order valence-electron chi connectivity index (χ2n) is 7.08. The molecular formula is C17H33N3S. The van der Waals surface area contributed by atoms with Crippen molar-refractivity contribution in [3.63, 3.8) is 0 Å². The first-order valence-corrected chi connectivity index (χ1v) is 10.3. The maximum absolute atomic E-state index is 2.77. The molecular weight excluding hydrogens is 278 g/mol. The Balaban J connectivity index is 1.39. The quantitative estimate of drug-likeness (QED) is 0.787. The summed E-state index contributed by atoms with van der Waals surface area (Å²) in [6, 6.07) is 0.889. The van der Waals surface area contributed by atoms with Crippen molar-refractivity contribution in [2.45, 2.75) is 38.6 Å². The first-order chi connectivity index (χ1) is 10.3. The smallest absolute Gasteiger partial charge is 0.0120 e. The van der Waals surface area contributed by atoms with Crippen molar-refractivity contribution in [2.75, 3.05) is 63.9 Å². The van der Waals surface area contributed by atoms with E-state index in [-0.39, 0.29) is 0 Å². The topological polar surface area (TPSA) is 9.72 Å². The van der Waals surface area contributed by atoms with Crippen molar-refractivity contribution in [1.82, 2.24) is 14.7 Å². The lowest BCUT2D eigenvalue weighted by atomic mass is 9.95. The first kappa shape index (κ1) is 16.1. The Labute approximate surface area is 135 Å². The lowest BCUT2D eigenvalue weighted by Crippen LogP contribution is -2.49. The number of thioether (sulfide) groups is 1. The SMILES string of the molecule is CCN1CCCC(CN2CCC(N3CCSCC3)CC2)C1. The Kier molecular flexibility index (Phi) is 6.28. The van der Waals surface area contributed by atoms with E-state index < -0.39 is 0 Å². The second kappa shape index (κ2) is 8.19. The van der Waals surface area contributed by atoms with Crippen LogP contribution in [0.2, 0.25) is 0 Å². The molecule has 3 aliphatic rings. The van der Waals surface area contributed by atoms with E-state index in [4.69, 9.17) is 0 Å². The maximum atomic E-state index is 2.77. The van der Waals surface area contributed by atoms with E-state index in [0.29, 0.717) is 0 Å². The van der Waals surface area contributed by atoms with Crippen molar-refractivity contribution < 1.29 is 0 Å². The molecule has 0 aliphatic carbocycles. The highest BCUT2D eigenvalue weighted by atomic mass is 32.2. The van der Waals surface area contributed by atoms with Crippen molar-refractivity contribution in [3.05, 3.63) is 0 Å². The number of hydrogen-bond donors (Lipinski definition) is 0. The van der Waals surface area contributed by atoms with Crippen LogP contribution in [0.1, 0.15) is 32.6 Å². The van der Waals surface area contributed by atoms with Crippen LogP contribution in [0.4, 0.5) is 0 Å². The summed E-state index contributed by atoms with van der Waals surface area (Å²) in [6.45, 7) is 13.0. The monoisotopic (exact) mass is 311 g/mol. The number of rotatable bonds is 4. The molecule has 1 unspecified atom stereocenters. The molecule has 0 N–H and O–H groups in total. The molecule has 0 bridgehead atoms. The minimum atomic E-state index is 0.889. The molecule has 3 aliphatic heterocycles. The van der Waals surface area contributed by atoms with Crippen LogP contribution in [0, 0.1) is 5.92 Å². The van der Waals surface area contributed by atoms with Crippen LogP contribution >= 0.6 is 11.8 Å². The molecule has 0 aromatic rings.